The third kappa shape index (κ3) is 2.51. The molecular formula is C11H11ClN2OS. The molecule has 0 unspecified atom stereocenters. The number of alkyl halides is 1. The molecule has 2 aromatic rings. The molecule has 0 aliphatic rings. The van der Waals surface area contributed by atoms with Gasteiger partial charge in [0.15, 0.2) is 0 Å². The lowest BCUT2D eigenvalue weighted by Gasteiger charge is -2.00. The largest absolute Gasteiger partial charge is 0.355 e. The van der Waals surface area contributed by atoms with E-state index in [4.69, 9.17) is 11.6 Å². The summed E-state index contributed by atoms with van der Waals surface area (Å²) in [6, 6.07) is 8.10. The molecule has 0 aliphatic heterocycles. The highest BCUT2D eigenvalue weighted by molar-refractivity contribution is 7.13. The maximum atomic E-state index is 10.9. The van der Waals surface area contributed by atoms with Crippen LogP contribution in [0.2, 0.25) is 0 Å². The minimum atomic E-state index is -0.138. The number of amides is 1. The number of nitrogens with zero attached hydrogens (tertiary/aromatic N) is 1. The molecule has 5 heteroatoms. The number of nitrogens with one attached hydrogen (secondary N) is 1. The number of aromatic nitrogens is 1. The summed E-state index contributed by atoms with van der Waals surface area (Å²) < 4.78 is 5.56. The quantitative estimate of drug-likeness (QED) is 0.850. The van der Waals surface area contributed by atoms with Gasteiger partial charge < -0.3 is 5.32 Å². The van der Waals surface area contributed by atoms with Gasteiger partial charge in [0, 0.05) is 18.4 Å². The van der Waals surface area contributed by atoms with E-state index in [0.29, 0.717) is 6.54 Å². The first kappa shape index (κ1) is 11.4. The van der Waals surface area contributed by atoms with Gasteiger partial charge >= 0.3 is 0 Å². The monoisotopic (exact) mass is 254 g/mol. The van der Waals surface area contributed by atoms with Crippen molar-refractivity contribution in [3.8, 4) is 0 Å². The molecule has 0 radical (unpaired) electrons. The van der Waals surface area contributed by atoms with Crippen LogP contribution in [0.3, 0.4) is 0 Å². The van der Waals surface area contributed by atoms with Gasteiger partial charge in [0.2, 0.25) is 5.91 Å². The molecular weight excluding hydrogens is 244 g/mol. The van der Waals surface area contributed by atoms with Crippen LogP contribution in [0.25, 0.3) is 10.1 Å². The highest BCUT2D eigenvalue weighted by atomic mass is 35.5. The van der Waals surface area contributed by atoms with E-state index in [1.807, 2.05) is 18.2 Å². The van der Waals surface area contributed by atoms with Crippen molar-refractivity contribution < 1.29 is 4.79 Å². The van der Waals surface area contributed by atoms with Crippen LogP contribution < -0.4 is 5.32 Å². The summed E-state index contributed by atoms with van der Waals surface area (Å²) in [4.78, 5) is 10.9. The molecule has 0 aliphatic carbocycles. The Morgan fingerprint density at radius 2 is 2.25 bits per heavy atom. The second kappa shape index (κ2) is 5.27. The van der Waals surface area contributed by atoms with Gasteiger partial charge in [-0.05, 0) is 17.6 Å². The third-order valence-corrected chi connectivity index (χ3v) is 3.36. The Hall–Kier alpha value is -1.13. The van der Waals surface area contributed by atoms with Gasteiger partial charge in [0.1, 0.15) is 5.88 Å². The van der Waals surface area contributed by atoms with Crippen LogP contribution in [-0.2, 0) is 11.2 Å². The number of hydrogen-bond acceptors (Lipinski definition) is 3. The molecule has 1 aromatic heterocycles. The lowest BCUT2D eigenvalue weighted by Crippen LogP contribution is -2.26. The fraction of sp³-hybridized carbons (Fsp3) is 0.273. The summed E-state index contributed by atoms with van der Waals surface area (Å²) in [5.41, 5.74) is 1.04. The van der Waals surface area contributed by atoms with Crippen LogP contribution in [-0.4, -0.2) is 22.7 Å². The molecule has 0 atom stereocenters. The zero-order chi connectivity index (χ0) is 11.4. The molecule has 1 N–H and O–H groups in total. The molecule has 0 saturated carbocycles. The Bertz CT molecular complexity index is 497. The molecule has 1 aromatic carbocycles. The summed E-state index contributed by atoms with van der Waals surface area (Å²) >= 11 is 6.87. The standard InChI is InChI=1S/C11H11ClN2OS/c12-7-11(15)13-6-5-9-8-3-1-2-4-10(8)16-14-9/h1-4H,5-7H2,(H,13,15). The fourth-order valence-electron chi connectivity index (χ4n) is 1.49. The van der Waals surface area contributed by atoms with Crippen LogP contribution in [0.1, 0.15) is 5.69 Å². The lowest BCUT2D eigenvalue weighted by atomic mass is 10.2. The van der Waals surface area contributed by atoms with Gasteiger partial charge in [-0.2, -0.15) is 4.37 Å². The topological polar surface area (TPSA) is 42.0 Å². The van der Waals surface area contributed by atoms with E-state index in [9.17, 15) is 4.79 Å². The number of fused-ring (bicyclic) bond motifs is 1. The van der Waals surface area contributed by atoms with Crippen molar-refractivity contribution in [2.24, 2.45) is 0 Å². The summed E-state index contributed by atoms with van der Waals surface area (Å²) in [6.07, 6.45) is 0.743. The van der Waals surface area contributed by atoms with Crippen molar-refractivity contribution in [1.82, 2.24) is 9.69 Å². The van der Waals surface area contributed by atoms with Gasteiger partial charge in [0.05, 0.1) is 10.4 Å². The van der Waals surface area contributed by atoms with E-state index < -0.39 is 0 Å². The molecule has 0 bridgehead atoms. The maximum absolute atomic E-state index is 10.9. The van der Waals surface area contributed by atoms with E-state index in [1.165, 1.54) is 21.6 Å². The Kier molecular flexibility index (Phi) is 3.74. The van der Waals surface area contributed by atoms with Gasteiger partial charge in [-0.1, -0.05) is 18.2 Å². The van der Waals surface area contributed by atoms with E-state index in [1.54, 1.807) is 0 Å². The number of carbonyl (C=O) groups is 1. The van der Waals surface area contributed by atoms with E-state index in [-0.39, 0.29) is 11.8 Å². The van der Waals surface area contributed by atoms with Gasteiger partial charge in [-0.3, -0.25) is 4.79 Å². The Morgan fingerprint density at radius 3 is 3.06 bits per heavy atom. The molecule has 2 rings (SSSR count). The minimum absolute atomic E-state index is 0.0117. The SMILES string of the molecule is O=C(CCl)NCCc1nsc2ccccc12. The van der Waals surface area contributed by atoms with Crippen molar-refractivity contribution in [2.45, 2.75) is 6.42 Å². The highest BCUT2D eigenvalue weighted by Gasteiger charge is 2.05. The van der Waals surface area contributed by atoms with Gasteiger partial charge in [-0.25, -0.2) is 0 Å². The molecule has 1 amide bonds. The number of benzene rings is 1. The predicted octanol–water partition coefficient (Wildman–Crippen LogP) is 2.19. The highest BCUT2D eigenvalue weighted by Crippen LogP contribution is 2.22. The van der Waals surface area contributed by atoms with Gasteiger partial charge in [0.25, 0.3) is 0 Å². The van der Waals surface area contributed by atoms with Crippen molar-refractivity contribution in [2.75, 3.05) is 12.4 Å². The fourth-order valence-corrected chi connectivity index (χ4v) is 2.40. The first-order valence-electron chi connectivity index (χ1n) is 4.97. The van der Waals surface area contributed by atoms with E-state index in [0.717, 1.165) is 12.1 Å². The summed E-state index contributed by atoms with van der Waals surface area (Å²) in [5, 5.41) is 3.90. The summed E-state index contributed by atoms with van der Waals surface area (Å²) in [5.74, 6) is -0.126. The molecule has 0 fully saturated rings. The van der Waals surface area contributed by atoms with Crippen molar-refractivity contribution in [1.29, 1.82) is 0 Å². The number of hydrogen-bond donors (Lipinski definition) is 1. The minimum Gasteiger partial charge on any atom is -0.355 e. The maximum Gasteiger partial charge on any atom is 0.234 e. The van der Waals surface area contributed by atoms with Crippen LogP contribution >= 0.6 is 23.1 Å². The van der Waals surface area contributed by atoms with Gasteiger partial charge in [-0.15, -0.1) is 11.6 Å². The zero-order valence-corrected chi connectivity index (χ0v) is 10.1. The summed E-state index contributed by atoms with van der Waals surface area (Å²) in [7, 11) is 0. The van der Waals surface area contributed by atoms with Crippen LogP contribution in [0.5, 0.6) is 0 Å². The number of halogens is 1. The lowest BCUT2D eigenvalue weighted by molar-refractivity contribution is -0.118. The van der Waals surface area contributed by atoms with Crippen LogP contribution in [0.4, 0.5) is 0 Å². The normalized spacial score (nSPS) is 10.6. The second-order valence-electron chi connectivity index (χ2n) is 3.36. The molecule has 0 spiro atoms. The van der Waals surface area contributed by atoms with Crippen molar-refractivity contribution in [3.63, 3.8) is 0 Å². The molecule has 84 valence electrons. The Labute approximate surface area is 103 Å². The first-order chi connectivity index (χ1) is 7.81. The number of rotatable bonds is 4. The smallest absolute Gasteiger partial charge is 0.234 e. The predicted molar refractivity (Wildman–Crippen MR) is 67.1 cm³/mol. The van der Waals surface area contributed by atoms with E-state index >= 15 is 0 Å². The van der Waals surface area contributed by atoms with Crippen LogP contribution in [0, 0.1) is 0 Å². The average Bonchev–Trinajstić information content (AvgIpc) is 2.73. The third-order valence-electron chi connectivity index (χ3n) is 2.26. The Morgan fingerprint density at radius 1 is 1.44 bits per heavy atom. The van der Waals surface area contributed by atoms with Crippen molar-refractivity contribution in [3.05, 3.63) is 30.0 Å². The number of carbonyl (C=O) groups excluding carboxylic acids is 1. The first-order valence-corrected chi connectivity index (χ1v) is 6.28. The average molecular weight is 255 g/mol. The zero-order valence-electron chi connectivity index (χ0n) is 8.57. The Balaban J connectivity index is 2.02. The summed E-state index contributed by atoms with van der Waals surface area (Å²) in [6.45, 7) is 0.583. The van der Waals surface area contributed by atoms with Crippen molar-refractivity contribution >= 4 is 39.1 Å². The molecule has 3 nitrogen and oxygen atoms in total. The molecule has 16 heavy (non-hydrogen) atoms. The van der Waals surface area contributed by atoms with Crippen LogP contribution in [0.15, 0.2) is 24.3 Å². The van der Waals surface area contributed by atoms with E-state index in [2.05, 4.69) is 15.8 Å². The second-order valence-corrected chi connectivity index (χ2v) is 4.43. The molecule has 0 saturated heterocycles. The molecule has 1 heterocycles.